The molecule has 2 aliphatic heterocycles. The van der Waals surface area contributed by atoms with Gasteiger partial charge < -0.3 is 14.5 Å². The van der Waals surface area contributed by atoms with Crippen LogP contribution in [0.5, 0.6) is 0 Å². The van der Waals surface area contributed by atoms with Crippen molar-refractivity contribution in [3.63, 3.8) is 0 Å². The van der Waals surface area contributed by atoms with Crippen molar-refractivity contribution in [2.45, 2.75) is 58.1 Å². The summed E-state index contributed by atoms with van der Waals surface area (Å²) in [5.74, 6) is 1.05. The van der Waals surface area contributed by atoms with Crippen LogP contribution in [0.15, 0.2) is 18.3 Å². The predicted molar refractivity (Wildman–Crippen MR) is 90.6 cm³/mol. The summed E-state index contributed by atoms with van der Waals surface area (Å²) in [6, 6.07) is 4.30. The third-order valence-corrected chi connectivity index (χ3v) is 4.47. The maximum Gasteiger partial charge on any atom is 0.410 e. The first-order valence-corrected chi connectivity index (χ1v) is 8.64. The number of pyridine rings is 1. The van der Waals surface area contributed by atoms with Crippen molar-refractivity contribution in [1.29, 1.82) is 0 Å². The Morgan fingerprint density at radius 3 is 2.52 bits per heavy atom. The molecule has 0 aliphatic carbocycles. The second-order valence-corrected chi connectivity index (χ2v) is 7.48. The van der Waals surface area contributed by atoms with Crippen LogP contribution in [-0.2, 0) is 4.74 Å². The molecule has 5 heteroatoms. The lowest BCUT2D eigenvalue weighted by Crippen LogP contribution is -2.36. The zero-order chi connectivity index (χ0) is 16.4. The Morgan fingerprint density at radius 2 is 1.91 bits per heavy atom. The van der Waals surface area contributed by atoms with E-state index in [4.69, 9.17) is 4.74 Å². The Labute approximate surface area is 138 Å². The highest BCUT2D eigenvalue weighted by Crippen LogP contribution is 2.33. The predicted octanol–water partition coefficient (Wildman–Crippen LogP) is 3.75. The number of nitrogens with zero attached hydrogens (tertiary/aromatic N) is 3. The maximum absolute atomic E-state index is 12.4. The van der Waals surface area contributed by atoms with Crippen molar-refractivity contribution in [2.75, 3.05) is 24.5 Å². The fourth-order valence-electron chi connectivity index (χ4n) is 3.38. The van der Waals surface area contributed by atoms with Gasteiger partial charge in [0.15, 0.2) is 0 Å². The van der Waals surface area contributed by atoms with Crippen molar-refractivity contribution < 1.29 is 9.53 Å². The molecule has 23 heavy (non-hydrogen) atoms. The summed E-state index contributed by atoms with van der Waals surface area (Å²) in [6.07, 6.45) is 6.20. The lowest BCUT2D eigenvalue weighted by molar-refractivity contribution is 0.0224. The highest BCUT2D eigenvalue weighted by atomic mass is 16.6. The molecule has 2 aliphatic rings. The Kier molecular flexibility index (Phi) is 4.46. The number of hydrogen-bond acceptors (Lipinski definition) is 4. The molecule has 5 nitrogen and oxygen atoms in total. The van der Waals surface area contributed by atoms with Crippen LogP contribution >= 0.6 is 0 Å². The largest absolute Gasteiger partial charge is 0.444 e. The fraction of sp³-hybridized carbons (Fsp3) is 0.667. The van der Waals surface area contributed by atoms with Gasteiger partial charge in [0, 0.05) is 25.8 Å². The minimum atomic E-state index is -0.456. The molecule has 1 aromatic rings. The molecule has 3 heterocycles. The number of carbonyl (C=O) groups excluding carboxylic acids is 1. The molecule has 0 aromatic carbocycles. The van der Waals surface area contributed by atoms with Crippen molar-refractivity contribution in [2.24, 2.45) is 0 Å². The Balaban J connectivity index is 1.70. The van der Waals surface area contributed by atoms with Crippen LogP contribution in [0.4, 0.5) is 10.6 Å². The van der Waals surface area contributed by atoms with Gasteiger partial charge in [-0.15, -0.1) is 0 Å². The van der Waals surface area contributed by atoms with Gasteiger partial charge in [-0.2, -0.15) is 0 Å². The summed E-state index contributed by atoms with van der Waals surface area (Å²) >= 11 is 0. The van der Waals surface area contributed by atoms with Crippen molar-refractivity contribution in [1.82, 2.24) is 9.88 Å². The minimum Gasteiger partial charge on any atom is -0.444 e. The van der Waals surface area contributed by atoms with Gasteiger partial charge in [0.05, 0.1) is 6.04 Å². The molecule has 0 saturated carbocycles. The van der Waals surface area contributed by atoms with Crippen LogP contribution in [0.1, 0.15) is 58.1 Å². The van der Waals surface area contributed by atoms with E-state index in [2.05, 4.69) is 22.0 Å². The molecule has 2 saturated heterocycles. The quantitative estimate of drug-likeness (QED) is 0.833. The molecule has 1 atom stereocenters. The van der Waals surface area contributed by atoms with Gasteiger partial charge in [0.25, 0.3) is 0 Å². The lowest BCUT2D eigenvalue weighted by atomic mass is 10.1. The molecule has 0 radical (unpaired) electrons. The highest BCUT2D eigenvalue weighted by molar-refractivity contribution is 5.69. The number of carbonyl (C=O) groups is 1. The number of aromatic nitrogens is 1. The second kappa shape index (κ2) is 6.38. The molecule has 0 N–H and O–H groups in total. The first-order valence-electron chi connectivity index (χ1n) is 8.64. The molecule has 1 aromatic heterocycles. The van der Waals surface area contributed by atoms with E-state index in [0.717, 1.165) is 43.9 Å². The summed E-state index contributed by atoms with van der Waals surface area (Å²) in [7, 11) is 0. The highest BCUT2D eigenvalue weighted by Gasteiger charge is 2.33. The number of hydrogen-bond donors (Lipinski definition) is 0. The Hall–Kier alpha value is -1.78. The van der Waals surface area contributed by atoms with Crippen LogP contribution in [0.25, 0.3) is 0 Å². The standard InChI is InChI=1S/C18H27N3O2/c1-18(2,3)23-17(22)21-12-6-7-15(21)14-8-9-16(19-13-14)20-10-4-5-11-20/h8-9,13,15H,4-7,10-12H2,1-3H3. The molecule has 1 unspecified atom stereocenters. The van der Waals surface area contributed by atoms with E-state index in [1.165, 1.54) is 12.8 Å². The summed E-state index contributed by atoms with van der Waals surface area (Å²) in [5, 5.41) is 0. The SMILES string of the molecule is CC(C)(C)OC(=O)N1CCCC1c1ccc(N2CCCC2)nc1. The monoisotopic (exact) mass is 317 g/mol. The van der Waals surface area contributed by atoms with E-state index in [0.29, 0.717) is 0 Å². The average molecular weight is 317 g/mol. The number of ether oxygens (including phenoxy) is 1. The van der Waals surface area contributed by atoms with Crippen LogP contribution in [0.2, 0.25) is 0 Å². The van der Waals surface area contributed by atoms with Gasteiger partial charge in [-0.3, -0.25) is 0 Å². The van der Waals surface area contributed by atoms with Crippen molar-refractivity contribution in [3.8, 4) is 0 Å². The third-order valence-electron chi connectivity index (χ3n) is 4.47. The van der Waals surface area contributed by atoms with E-state index in [-0.39, 0.29) is 12.1 Å². The maximum atomic E-state index is 12.4. The second-order valence-electron chi connectivity index (χ2n) is 7.48. The average Bonchev–Trinajstić information content (AvgIpc) is 3.17. The fourth-order valence-corrected chi connectivity index (χ4v) is 3.38. The Bertz CT molecular complexity index is 544. The van der Waals surface area contributed by atoms with E-state index in [1.54, 1.807) is 0 Å². The molecular formula is C18H27N3O2. The summed E-state index contributed by atoms with van der Waals surface area (Å²) < 4.78 is 5.54. The molecule has 0 bridgehead atoms. The van der Waals surface area contributed by atoms with Gasteiger partial charge >= 0.3 is 6.09 Å². The van der Waals surface area contributed by atoms with E-state index < -0.39 is 5.60 Å². The van der Waals surface area contributed by atoms with Crippen LogP contribution in [0.3, 0.4) is 0 Å². The summed E-state index contributed by atoms with van der Waals surface area (Å²) in [6.45, 7) is 8.67. The van der Waals surface area contributed by atoms with Crippen LogP contribution in [-0.4, -0.2) is 41.2 Å². The number of likely N-dealkylation sites (tertiary alicyclic amines) is 1. The number of amides is 1. The first kappa shape index (κ1) is 16.1. The molecule has 3 rings (SSSR count). The lowest BCUT2D eigenvalue weighted by Gasteiger charge is -2.29. The zero-order valence-electron chi connectivity index (χ0n) is 14.4. The van der Waals surface area contributed by atoms with Gasteiger partial charge in [0.2, 0.25) is 0 Å². The van der Waals surface area contributed by atoms with Gasteiger partial charge in [-0.1, -0.05) is 6.07 Å². The summed E-state index contributed by atoms with van der Waals surface area (Å²) in [4.78, 5) is 21.2. The molecule has 126 valence electrons. The van der Waals surface area contributed by atoms with E-state index in [9.17, 15) is 4.79 Å². The zero-order valence-corrected chi connectivity index (χ0v) is 14.4. The van der Waals surface area contributed by atoms with Gasteiger partial charge in [0.1, 0.15) is 11.4 Å². The van der Waals surface area contributed by atoms with Crippen LogP contribution < -0.4 is 4.90 Å². The van der Waals surface area contributed by atoms with Gasteiger partial charge in [-0.05, 0) is 58.1 Å². The number of anilines is 1. The number of rotatable bonds is 2. The topological polar surface area (TPSA) is 45.7 Å². The van der Waals surface area contributed by atoms with E-state index in [1.807, 2.05) is 31.9 Å². The normalized spacial score (nSPS) is 21.8. The minimum absolute atomic E-state index is 0.0879. The molecule has 0 spiro atoms. The molecular weight excluding hydrogens is 290 g/mol. The van der Waals surface area contributed by atoms with Gasteiger partial charge in [-0.25, -0.2) is 9.78 Å². The van der Waals surface area contributed by atoms with Crippen molar-refractivity contribution >= 4 is 11.9 Å². The van der Waals surface area contributed by atoms with Crippen LogP contribution in [0, 0.1) is 0 Å². The van der Waals surface area contributed by atoms with Crippen molar-refractivity contribution in [3.05, 3.63) is 23.9 Å². The summed E-state index contributed by atoms with van der Waals surface area (Å²) in [5.41, 5.74) is 0.651. The smallest absolute Gasteiger partial charge is 0.410 e. The first-order chi connectivity index (χ1) is 10.9. The Morgan fingerprint density at radius 1 is 1.17 bits per heavy atom. The van der Waals surface area contributed by atoms with E-state index >= 15 is 0 Å². The third kappa shape index (κ3) is 3.77. The molecule has 1 amide bonds. The molecule has 2 fully saturated rings.